The molecule has 4 nitrogen and oxygen atoms in total. The third-order valence-corrected chi connectivity index (χ3v) is 5.12. The minimum absolute atomic E-state index is 0.114. The van der Waals surface area contributed by atoms with Crippen LogP contribution < -0.4 is 10.5 Å². The summed E-state index contributed by atoms with van der Waals surface area (Å²) in [6, 6.07) is 14.9. The molecule has 0 fully saturated rings. The number of nitrogens with zero attached hydrogens (tertiary/aromatic N) is 1. The van der Waals surface area contributed by atoms with E-state index in [9.17, 15) is 13.2 Å². The number of hydrogen-bond donors (Lipinski definition) is 2. The van der Waals surface area contributed by atoms with Gasteiger partial charge in [-0.2, -0.15) is 13.2 Å². The molecule has 0 amide bonds. The van der Waals surface area contributed by atoms with Crippen LogP contribution in [0.15, 0.2) is 66.5 Å². The zero-order chi connectivity index (χ0) is 20.3. The molecule has 0 radical (unpaired) electrons. The van der Waals surface area contributed by atoms with E-state index in [2.05, 4.69) is 4.98 Å². The molecular weight excluding hydrogens is 387 g/mol. The fourth-order valence-electron chi connectivity index (χ4n) is 2.41. The van der Waals surface area contributed by atoms with Crippen molar-refractivity contribution < 1.29 is 17.9 Å². The van der Waals surface area contributed by atoms with Gasteiger partial charge in [0.25, 0.3) is 0 Å². The topological polar surface area (TPSA) is 72.0 Å². The second-order valence-corrected chi connectivity index (χ2v) is 6.92. The van der Waals surface area contributed by atoms with Gasteiger partial charge in [0, 0.05) is 21.5 Å². The zero-order valence-corrected chi connectivity index (χ0v) is 15.6. The Kier molecular flexibility index (Phi) is 5.51. The molecule has 2 aromatic heterocycles. The molecular formula is C20H16F3N3OS. The van der Waals surface area contributed by atoms with Crippen LogP contribution in [-0.2, 0) is 0 Å². The molecule has 0 unspecified atom stereocenters. The summed E-state index contributed by atoms with van der Waals surface area (Å²) in [7, 11) is 1.61. The highest BCUT2D eigenvalue weighted by Gasteiger charge is 2.31. The van der Waals surface area contributed by atoms with Crippen molar-refractivity contribution in [1.82, 2.24) is 4.98 Å². The first-order chi connectivity index (χ1) is 13.3. The Morgan fingerprint density at radius 1 is 1.04 bits per heavy atom. The summed E-state index contributed by atoms with van der Waals surface area (Å²) in [5.74, 6) is 0.781. The number of aromatic nitrogens is 1. The van der Waals surface area contributed by atoms with Crippen molar-refractivity contribution in [3.63, 3.8) is 0 Å². The molecule has 3 rings (SSSR count). The fourth-order valence-corrected chi connectivity index (χ4v) is 3.42. The number of nitrogens with one attached hydrogen (secondary N) is 1. The van der Waals surface area contributed by atoms with Crippen molar-refractivity contribution in [2.75, 3.05) is 7.11 Å². The number of alkyl halides is 3. The van der Waals surface area contributed by atoms with E-state index in [-0.39, 0.29) is 5.69 Å². The van der Waals surface area contributed by atoms with E-state index >= 15 is 0 Å². The van der Waals surface area contributed by atoms with Crippen molar-refractivity contribution in [2.24, 2.45) is 5.73 Å². The van der Waals surface area contributed by atoms with Crippen LogP contribution in [-0.4, -0.2) is 24.0 Å². The van der Waals surface area contributed by atoms with Crippen LogP contribution in [0, 0.1) is 5.41 Å². The lowest BCUT2D eigenvalue weighted by molar-refractivity contribution is -0.0925. The lowest BCUT2D eigenvalue weighted by Gasteiger charge is -2.06. The van der Waals surface area contributed by atoms with Gasteiger partial charge in [0.1, 0.15) is 11.4 Å². The van der Waals surface area contributed by atoms with Crippen LogP contribution >= 0.6 is 11.3 Å². The van der Waals surface area contributed by atoms with Crippen LogP contribution in [0.25, 0.3) is 20.9 Å². The Hall–Kier alpha value is -3.13. The number of halogens is 3. The molecule has 0 aliphatic rings. The number of rotatable bonds is 5. The van der Waals surface area contributed by atoms with Gasteiger partial charge in [-0.1, -0.05) is 0 Å². The Bertz CT molecular complexity index is 1010. The summed E-state index contributed by atoms with van der Waals surface area (Å²) in [4.78, 5) is 6.12. The van der Waals surface area contributed by atoms with Gasteiger partial charge in [-0.3, -0.25) is 10.4 Å². The maximum absolute atomic E-state index is 12.5. The lowest BCUT2D eigenvalue weighted by Crippen LogP contribution is -2.20. The van der Waals surface area contributed by atoms with Crippen molar-refractivity contribution >= 4 is 17.0 Å². The van der Waals surface area contributed by atoms with Crippen molar-refractivity contribution in [1.29, 1.82) is 5.41 Å². The summed E-state index contributed by atoms with van der Waals surface area (Å²) in [6.45, 7) is 0. The Morgan fingerprint density at radius 2 is 1.64 bits per heavy atom. The molecule has 0 atom stereocenters. The van der Waals surface area contributed by atoms with Gasteiger partial charge in [-0.05, 0) is 60.2 Å². The SMILES string of the molecule is COc1ccc(-c2ccc(-c3ccc(C(=N)C=C(N)C(F)(F)F)nc3)s2)cc1. The number of nitrogens with two attached hydrogens (primary N) is 1. The lowest BCUT2D eigenvalue weighted by atomic mass is 10.1. The maximum atomic E-state index is 12.5. The second-order valence-electron chi connectivity index (χ2n) is 5.84. The van der Waals surface area contributed by atoms with Crippen LogP contribution in [0.2, 0.25) is 0 Å². The van der Waals surface area contributed by atoms with E-state index in [0.29, 0.717) is 6.08 Å². The number of benzene rings is 1. The molecule has 28 heavy (non-hydrogen) atoms. The fraction of sp³-hybridized carbons (Fsp3) is 0.100. The summed E-state index contributed by atoms with van der Waals surface area (Å²) >= 11 is 1.57. The summed E-state index contributed by atoms with van der Waals surface area (Å²) < 4.78 is 42.6. The van der Waals surface area contributed by atoms with Crippen molar-refractivity contribution in [3.8, 4) is 26.6 Å². The molecule has 3 N–H and O–H groups in total. The third-order valence-electron chi connectivity index (χ3n) is 3.93. The first kappa shape index (κ1) is 19.6. The van der Waals surface area contributed by atoms with Gasteiger partial charge in [0.2, 0.25) is 0 Å². The van der Waals surface area contributed by atoms with E-state index in [1.807, 2.05) is 36.4 Å². The molecule has 3 aromatic rings. The highest BCUT2D eigenvalue weighted by Crippen LogP contribution is 2.34. The number of thiophene rings is 1. The van der Waals surface area contributed by atoms with E-state index in [0.717, 1.165) is 26.6 Å². The Morgan fingerprint density at radius 3 is 2.18 bits per heavy atom. The average molecular weight is 403 g/mol. The van der Waals surface area contributed by atoms with Gasteiger partial charge >= 0.3 is 6.18 Å². The highest BCUT2D eigenvalue weighted by molar-refractivity contribution is 7.18. The molecule has 1 aromatic carbocycles. The summed E-state index contributed by atoms with van der Waals surface area (Å²) in [5.41, 5.74) is 5.20. The van der Waals surface area contributed by atoms with Crippen molar-refractivity contribution in [3.05, 3.63) is 72.2 Å². The monoisotopic (exact) mass is 403 g/mol. The first-order valence-corrected chi connectivity index (χ1v) is 8.93. The zero-order valence-electron chi connectivity index (χ0n) is 14.7. The van der Waals surface area contributed by atoms with Gasteiger partial charge in [-0.15, -0.1) is 11.3 Å². The number of methoxy groups -OCH3 is 1. The standard InChI is InChI=1S/C20H16F3N3OS/c1-27-14-5-2-12(3-6-14)17-8-9-18(28-17)13-4-7-16(26-11-13)15(24)10-19(25)20(21,22)23/h2-11,24H,25H2,1H3. The molecule has 144 valence electrons. The predicted octanol–water partition coefficient (Wildman–Crippen LogP) is 5.26. The quantitative estimate of drug-likeness (QED) is 0.571. The van der Waals surface area contributed by atoms with Crippen LogP contribution in [0.3, 0.4) is 0 Å². The van der Waals surface area contributed by atoms with Gasteiger partial charge < -0.3 is 10.5 Å². The number of hydrogen-bond acceptors (Lipinski definition) is 5. The molecule has 0 spiro atoms. The van der Waals surface area contributed by atoms with Crippen LogP contribution in [0.1, 0.15) is 5.69 Å². The van der Waals surface area contributed by atoms with Crippen LogP contribution in [0.4, 0.5) is 13.2 Å². The van der Waals surface area contributed by atoms with Gasteiger partial charge in [0.15, 0.2) is 0 Å². The summed E-state index contributed by atoms with van der Waals surface area (Å²) in [6.07, 6.45) is -2.57. The molecule has 0 saturated carbocycles. The van der Waals surface area contributed by atoms with Gasteiger partial charge in [-0.25, -0.2) is 0 Å². The normalized spacial score (nSPS) is 12.1. The molecule has 0 bridgehead atoms. The minimum Gasteiger partial charge on any atom is -0.497 e. The Balaban J connectivity index is 1.79. The predicted molar refractivity (Wildman–Crippen MR) is 105 cm³/mol. The third kappa shape index (κ3) is 4.40. The van der Waals surface area contributed by atoms with E-state index in [1.165, 1.54) is 12.3 Å². The first-order valence-electron chi connectivity index (χ1n) is 8.12. The van der Waals surface area contributed by atoms with E-state index < -0.39 is 17.6 Å². The van der Waals surface area contributed by atoms with Crippen LogP contribution in [0.5, 0.6) is 5.75 Å². The number of allylic oxidation sites excluding steroid dienone is 2. The maximum Gasteiger partial charge on any atom is 0.430 e. The largest absolute Gasteiger partial charge is 0.497 e. The van der Waals surface area contributed by atoms with Crippen molar-refractivity contribution in [2.45, 2.75) is 6.18 Å². The number of pyridine rings is 1. The molecule has 0 saturated heterocycles. The molecule has 8 heteroatoms. The summed E-state index contributed by atoms with van der Waals surface area (Å²) in [5, 5.41) is 7.74. The minimum atomic E-state index is -4.67. The highest BCUT2D eigenvalue weighted by atomic mass is 32.1. The number of ether oxygens (including phenoxy) is 1. The average Bonchev–Trinajstić information content (AvgIpc) is 3.17. The Labute approximate surface area is 163 Å². The van der Waals surface area contributed by atoms with E-state index in [1.54, 1.807) is 24.5 Å². The second kappa shape index (κ2) is 7.85. The van der Waals surface area contributed by atoms with E-state index in [4.69, 9.17) is 15.9 Å². The molecule has 0 aliphatic heterocycles. The smallest absolute Gasteiger partial charge is 0.430 e. The van der Waals surface area contributed by atoms with Gasteiger partial charge in [0.05, 0.1) is 18.5 Å². The molecule has 2 heterocycles. The molecule has 0 aliphatic carbocycles.